The summed E-state index contributed by atoms with van der Waals surface area (Å²) in [5.41, 5.74) is 1.92. The van der Waals surface area contributed by atoms with Crippen molar-refractivity contribution in [1.82, 2.24) is 5.32 Å². The first-order valence-electron chi connectivity index (χ1n) is 7.43. The number of rotatable bonds is 7. The molecule has 1 atom stereocenters. The molecule has 1 rings (SSSR count). The van der Waals surface area contributed by atoms with Crippen molar-refractivity contribution in [2.24, 2.45) is 5.92 Å². The van der Waals surface area contributed by atoms with Gasteiger partial charge in [-0.2, -0.15) is 0 Å². The first kappa shape index (κ1) is 16.5. The highest BCUT2D eigenvalue weighted by Crippen LogP contribution is 2.15. The monoisotopic (exact) mass is 278 g/mol. The van der Waals surface area contributed by atoms with E-state index in [1.165, 1.54) is 0 Å². The molecule has 0 aromatic heterocycles. The van der Waals surface area contributed by atoms with E-state index in [4.69, 9.17) is 0 Å². The molecule has 1 unspecified atom stereocenters. The van der Waals surface area contributed by atoms with Crippen molar-refractivity contribution in [3.63, 3.8) is 0 Å². The minimum absolute atomic E-state index is 0.234. The second-order valence-corrected chi connectivity index (χ2v) is 4.99. The number of hydrogen-bond acceptors (Lipinski definition) is 2. The Morgan fingerprint density at radius 1 is 1.20 bits per heavy atom. The molecular formula is C16H26N2O2. The maximum atomic E-state index is 11.9. The van der Waals surface area contributed by atoms with Gasteiger partial charge in [-0.25, -0.2) is 4.79 Å². The molecule has 1 aromatic rings. The van der Waals surface area contributed by atoms with Crippen molar-refractivity contribution in [1.29, 1.82) is 0 Å². The van der Waals surface area contributed by atoms with E-state index in [2.05, 4.69) is 31.4 Å². The van der Waals surface area contributed by atoms with Crippen LogP contribution in [0.25, 0.3) is 0 Å². The predicted molar refractivity (Wildman–Crippen MR) is 82.9 cm³/mol. The number of aryl methyl sites for hydroxylation is 1. The fourth-order valence-electron chi connectivity index (χ4n) is 2.31. The Hall–Kier alpha value is -1.55. The van der Waals surface area contributed by atoms with Gasteiger partial charge in [0.2, 0.25) is 0 Å². The fourth-order valence-corrected chi connectivity index (χ4v) is 2.31. The molecular weight excluding hydrogens is 252 g/mol. The van der Waals surface area contributed by atoms with E-state index in [9.17, 15) is 9.90 Å². The van der Waals surface area contributed by atoms with Gasteiger partial charge in [0, 0.05) is 12.2 Å². The fraction of sp³-hybridized carbons (Fsp3) is 0.562. The van der Waals surface area contributed by atoms with E-state index in [0.29, 0.717) is 0 Å². The summed E-state index contributed by atoms with van der Waals surface area (Å²) in [4.78, 5) is 11.9. The molecule has 20 heavy (non-hydrogen) atoms. The maximum absolute atomic E-state index is 11.9. The van der Waals surface area contributed by atoms with Gasteiger partial charge in [0.15, 0.2) is 0 Å². The molecule has 4 nitrogen and oxygen atoms in total. The molecule has 0 aliphatic heterocycles. The van der Waals surface area contributed by atoms with Crippen LogP contribution in [0.5, 0.6) is 0 Å². The van der Waals surface area contributed by atoms with Crippen LogP contribution >= 0.6 is 0 Å². The average Bonchev–Trinajstić information content (AvgIpc) is 2.47. The molecule has 0 saturated carbocycles. The summed E-state index contributed by atoms with van der Waals surface area (Å²) in [6.45, 7) is 6.44. The third-order valence-corrected chi connectivity index (χ3v) is 3.71. The zero-order valence-electron chi connectivity index (χ0n) is 12.6. The average molecular weight is 278 g/mol. The third kappa shape index (κ3) is 4.85. The number of amides is 2. The van der Waals surface area contributed by atoms with E-state index >= 15 is 0 Å². The molecule has 112 valence electrons. The molecule has 0 heterocycles. The van der Waals surface area contributed by atoms with Crippen LogP contribution in [0.3, 0.4) is 0 Å². The van der Waals surface area contributed by atoms with Crippen molar-refractivity contribution in [2.45, 2.75) is 46.1 Å². The van der Waals surface area contributed by atoms with Crippen molar-refractivity contribution >= 4 is 11.7 Å². The first-order chi connectivity index (χ1) is 9.62. The topological polar surface area (TPSA) is 61.4 Å². The lowest BCUT2D eigenvalue weighted by Gasteiger charge is -2.20. The highest BCUT2D eigenvalue weighted by Gasteiger charge is 2.16. The summed E-state index contributed by atoms with van der Waals surface area (Å²) in [5.74, 6) is 0.234. The molecule has 0 spiro atoms. The quantitative estimate of drug-likeness (QED) is 0.717. The van der Waals surface area contributed by atoms with E-state index in [0.717, 1.165) is 30.5 Å². The number of aliphatic hydroxyl groups is 1. The van der Waals surface area contributed by atoms with E-state index in [1.807, 2.05) is 24.3 Å². The van der Waals surface area contributed by atoms with Gasteiger partial charge in [-0.05, 0) is 24.0 Å². The van der Waals surface area contributed by atoms with Crippen molar-refractivity contribution < 1.29 is 9.90 Å². The zero-order chi connectivity index (χ0) is 15.0. The lowest BCUT2D eigenvalue weighted by Crippen LogP contribution is -2.38. The number of urea groups is 1. The Bertz CT molecular complexity index is 417. The normalized spacial score (nSPS) is 12.2. The number of anilines is 1. The Kier molecular flexibility index (Phi) is 7.09. The molecule has 0 radical (unpaired) electrons. The summed E-state index contributed by atoms with van der Waals surface area (Å²) in [7, 11) is 0. The second kappa shape index (κ2) is 8.59. The van der Waals surface area contributed by atoms with Gasteiger partial charge in [0.1, 0.15) is 0 Å². The van der Waals surface area contributed by atoms with Gasteiger partial charge in [0.25, 0.3) is 0 Å². The standard InChI is InChI=1S/C16H26N2O2/c1-4-12(5-2)15(19)11-17-16(20)18-14-10-8-7-9-13(14)6-3/h7-10,12,15,19H,4-6,11H2,1-3H3,(H2,17,18,20). The van der Waals surface area contributed by atoms with Gasteiger partial charge in [0.05, 0.1) is 6.10 Å². The highest BCUT2D eigenvalue weighted by molar-refractivity contribution is 5.90. The van der Waals surface area contributed by atoms with Gasteiger partial charge in [-0.1, -0.05) is 51.8 Å². The summed E-state index contributed by atoms with van der Waals surface area (Å²) in [6.07, 6.45) is 2.21. The summed E-state index contributed by atoms with van der Waals surface area (Å²) >= 11 is 0. The molecule has 1 aromatic carbocycles. The number of carbonyl (C=O) groups excluding carboxylic acids is 1. The molecule has 3 N–H and O–H groups in total. The number of benzene rings is 1. The largest absolute Gasteiger partial charge is 0.391 e. The third-order valence-electron chi connectivity index (χ3n) is 3.71. The van der Waals surface area contributed by atoms with Gasteiger partial charge in [-0.15, -0.1) is 0 Å². The van der Waals surface area contributed by atoms with Crippen LogP contribution in [0.2, 0.25) is 0 Å². The molecule has 0 aliphatic carbocycles. The Morgan fingerprint density at radius 3 is 2.45 bits per heavy atom. The lowest BCUT2D eigenvalue weighted by atomic mass is 9.97. The van der Waals surface area contributed by atoms with E-state index < -0.39 is 6.10 Å². The zero-order valence-corrected chi connectivity index (χ0v) is 12.6. The minimum atomic E-state index is -0.489. The second-order valence-electron chi connectivity index (χ2n) is 4.99. The highest BCUT2D eigenvalue weighted by atomic mass is 16.3. The van der Waals surface area contributed by atoms with Crippen molar-refractivity contribution in [3.05, 3.63) is 29.8 Å². The van der Waals surface area contributed by atoms with Crippen LogP contribution in [-0.2, 0) is 6.42 Å². The van der Waals surface area contributed by atoms with Crippen LogP contribution in [0.1, 0.15) is 39.2 Å². The van der Waals surface area contributed by atoms with Gasteiger partial charge < -0.3 is 15.7 Å². The molecule has 0 bridgehead atoms. The van der Waals surface area contributed by atoms with E-state index in [1.54, 1.807) is 0 Å². The van der Waals surface area contributed by atoms with Crippen molar-refractivity contribution in [3.8, 4) is 0 Å². The number of para-hydroxylation sites is 1. The Labute approximate surface area is 121 Å². The number of carbonyl (C=O) groups is 1. The number of aliphatic hydroxyl groups excluding tert-OH is 1. The van der Waals surface area contributed by atoms with Gasteiger partial charge in [-0.3, -0.25) is 0 Å². The molecule has 0 saturated heterocycles. The smallest absolute Gasteiger partial charge is 0.319 e. The summed E-state index contributed by atoms with van der Waals surface area (Å²) in [5, 5.41) is 15.5. The van der Waals surface area contributed by atoms with Crippen LogP contribution in [0.15, 0.2) is 24.3 Å². The first-order valence-corrected chi connectivity index (χ1v) is 7.43. The molecule has 0 aliphatic rings. The Balaban J connectivity index is 2.48. The molecule has 2 amide bonds. The summed E-state index contributed by atoms with van der Waals surface area (Å²) in [6, 6.07) is 7.47. The molecule has 0 fully saturated rings. The predicted octanol–water partition coefficient (Wildman–Crippen LogP) is 3.17. The minimum Gasteiger partial charge on any atom is -0.391 e. The number of nitrogens with one attached hydrogen (secondary N) is 2. The van der Waals surface area contributed by atoms with Crippen molar-refractivity contribution in [2.75, 3.05) is 11.9 Å². The SMILES string of the molecule is CCc1ccccc1NC(=O)NCC(O)C(CC)CC. The lowest BCUT2D eigenvalue weighted by molar-refractivity contribution is 0.104. The Morgan fingerprint density at radius 2 is 1.85 bits per heavy atom. The van der Waals surface area contributed by atoms with E-state index in [-0.39, 0.29) is 18.5 Å². The molecule has 4 heteroatoms. The number of hydrogen-bond donors (Lipinski definition) is 3. The van der Waals surface area contributed by atoms with Crippen LogP contribution in [-0.4, -0.2) is 23.8 Å². The van der Waals surface area contributed by atoms with Crippen LogP contribution in [0, 0.1) is 5.92 Å². The van der Waals surface area contributed by atoms with Gasteiger partial charge >= 0.3 is 6.03 Å². The van der Waals surface area contributed by atoms with Crippen LogP contribution in [0.4, 0.5) is 10.5 Å². The maximum Gasteiger partial charge on any atom is 0.319 e. The summed E-state index contributed by atoms with van der Waals surface area (Å²) < 4.78 is 0. The van der Waals surface area contributed by atoms with Crippen LogP contribution < -0.4 is 10.6 Å².